The molecule has 0 radical (unpaired) electrons. The van der Waals surface area contributed by atoms with Crippen molar-refractivity contribution in [2.75, 3.05) is 13.2 Å². The number of ether oxygens (including phenoxy) is 1. The molecular weight excluding hydrogens is 214 g/mol. The zero-order valence-electron chi connectivity index (χ0n) is 10.0. The second-order valence-electron chi connectivity index (χ2n) is 5.16. The maximum Gasteiger partial charge on any atom is 0.0674 e. The molecule has 2 aliphatic rings. The lowest BCUT2D eigenvalue weighted by atomic mass is 9.86. The van der Waals surface area contributed by atoms with Gasteiger partial charge >= 0.3 is 0 Å². The zero-order chi connectivity index (χ0) is 11.7. The molecule has 1 aliphatic carbocycles. The van der Waals surface area contributed by atoms with Crippen LogP contribution in [0.5, 0.6) is 0 Å². The lowest BCUT2D eigenvalue weighted by Crippen LogP contribution is -2.33. The molecule has 92 valence electrons. The maximum atomic E-state index is 10.5. The summed E-state index contributed by atoms with van der Waals surface area (Å²) in [6, 6.07) is 4.11. The smallest absolute Gasteiger partial charge is 0.0674 e. The van der Waals surface area contributed by atoms with Gasteiger partial charge in [0.15, 0.2) is 0 Å². The highest BCUT2D eigenvalue weighted by Gasteiger charge is 2.35. The van der Waals surface area contributed by atoms with Gasteiger partial charge in [-0.2, -0.15) is 0 Å². The fourth-order valence-electron chi connectivity index (χ4n) is 3.14. The Kier molecular flexibility index (Phi) is 3.12. The van der Waals surface area contributed by atoms with Crippen LogP contribution in [0.1, 0.15) is 36.4 Å². The highest BCUT2D eigenvalue weighted by Crippen LogP contribution is 2.37. The van der Waals surface area contributed by atoms with Gasteiger partial charge in [-0.15, -0.1) is 0 Å². The van der Waals surface area contributed by atoms with Gasteiger partial charge in [0.25, 0.3) is 0 Å². The molecule has 1 aliphatic heterocycles. The van der Waals surface area contributed by atoms with Crippen molar-refractivity contribution in [3.05, 3.63) is 29.6 Å². The normalized spacial score (nSPS) is 29.9. The molecule has 0 bridgehead atoms. The highest BCUT2D eigenvalue weighted by molar-refractivity contribution is 5.29. The van der Waals surface area contributed by atoms with E-state index in [1.165, 1.54) is 5.56 Å². The molecule has 3 heteroatoms. The van der Waals surface area contributed by atoms with Crippen molar-refractivity contribution in [3.63, 3.8) is 0 Å². The van der Waals surface area contributed by atoms with E-state index >= 15 is 0 Å². The van der Waals surface area contributed by atoms with E-state index in [1.807, 2.05) is 12.3 Å². The minimum absolute atomic E-state index is 0.220. The first-order valence-electron chi connectivity index (χ1n) is 6.56. The summed E-state index contributed by atoms with van der Waals surface area (Å²) in [6.07, 6.45) is 5.79. The predicted octanol–water partition coefficient (Wildman–Crippen LogP) is 1.90. The number of aryl methyl sites for hydroxylation is 1. The van der Waals surface area contributed by atoms with Crippen molar-refractivity contribution in [1.29, 1.82) is 0 Å². The van der Waals surface area contributed by atoms with Crippen LogP contribution in [0.4, 0.5) is 0 Å². The maximum absolute atomic E-state index is 10.5. The van der Waals surface area contributed by atoms with Crippen LogP contribution >= 0.6 is 0 Å². The van der Waals surface area contributed by atoms with Crippen molar-refractivity contribution in [2.45, 2.75) is 37.7 Å². The Morgan fingerprint density at radius 3 is 3.18 bits per heavy atom. The number of aliphatic hydroxyl groups is 1. The Bertz CT molecular complexity index is 388. The number of pyridine rings is 1. The molecule has 1 aromatic rings. The molecule has 3 rings (SSSR count). The van der Waals surface area contributed by atoms with Crippen LogP contribution in [0.2, 0.25) is 0 Å². The summed E-state index contributed by atoms with van der Waals surface area (Å²) in [6.45, 7) is 1.56. The average Bonchev–Trinajstić information content (AvgIpc) is 2.83. The fraction of sp³-hybridized carbons (Fsp3) is 0.643. The van der Waals surface area contributed by atoms with Crippen molar-refractivity contribution < 1.29 is 9.84 Å². The van der Waals surface area contributed by atoms with Gasteiger partial charge < -0.3 is 9.84 Å². The summed E-state index contributed by atoms with van der Waals surface area (Å²) >= 11 is 0. The molecule has 3 atom stereocenters. The van der Waals surface area contributed by atoms with Crippen molar-refractivity contribution >= 4 is 0 Å². The summed E-state index contributed by atoms with van der Waals surface area (Å²) < 4.78 is 5.47. The molecule has 1 fully saturated rings. The van der Waals surface area contributed by atoms with E-state index in [-0.39, 0.29) is 12.0 Å². The minimum Gasteiger partial charge on any atom is -0.392 e. The molecule has 1 aromatic heterocycles. The van der Waals surface area contributed by atoms with Crippen LogP contribution in [-0.2, 0) is 11.2 Å². The monoisotopic (exact) mass is 233 g/mol. The Morgan fingerprint density at radius 1 is 1.41 bits per heavy atom. The number of hydrogen-bond donors (Lipinski definition) is 1. The Labute approximate surface area is 102 Å². The molecule has 17 heavy (non-hydrogen) atoms. The van der Waals surface area contributed by atoms with E-state index in [0.717, 1.165) is 38.0 Å². The van der Waals surface area contributed by atoms with Crippen LogP contribution in [0.25, 0.3) is 0 Å². The number of aliphatic hydroxyl groups excluding tert-OH is 1. The van der Waals surface area contributed by atoms with E-state index in [0.29, 0.717) is 12.5 Å². The molecule has 0 saturated carbocycles. The highest BCUT2D eigenvalue weighted by atomic mass is 16.5. The molecule has 1 saturated heterocycles. The molecule has 3 unspecified atom stereocenters. The van der Waals surface area contributed by atoms with Crippen molar-refractivity contribution in [1.82, 2.24) is 4.98 Å². The molecule has 0 amide bonds. The largest absolute Gasteiger partial charge is 0.392 e. The molecule has 0 aromatic carbocycles. The van der Waals surface area contributed by atoms with E-state index < -0.39 is 0 Å². The first-order chi connectivity index (χ1) is 8.36. The van der Waals surface area contributed by atoms with Gasteiger partial charge in [0.05, 0.1) is 12.7 Å². The van der Waals surface area contributed by atoms with Crippen LogP contribution in [0.3, 0.4) is 0 Å². The number of fused-ring (bicyclic) bond motifs is 1. The van der Waals surface area contributed by atoms with Crippen LogP contribution in [0, 0.1) is 5.92 Å². The van der Waals surface area contributed by atoms with Gasteiger partial charge in [-0.05, 0) is 37.3 Å². The topological polar surface area (TPSA) is 42.4 Å². The van der Waals surface area contributed by atoms with E-state index in [4.69, 9.17) is 4.74 Å². The number of aromatic nitrogens is 1. The third-order valence-electron chi connectivity index (χ3n) is 4.09. The first kappa shape index (κ1) is 11.2. The molecule has 0 spiro atoms. The molecule has 3 nitrogen and oxygen atoms in total. The van der Waals surface area contributed by atoms with Gasteiger partial charge in [-0.25, -0.2) is 0 Å². The van der Waals surface area contributed by atoms with Crippen LogP contribution in [-0.4, -0.2) is 29.4 Å². The predicted molar refractivity (Wildman–Crippen MR) is 64.8 cm³/mol. The second kappa shape index (κ2) is 4.75. The molecular formula is C14H19NO2. The summed E-state index contributed by atoms with van der Waals surface area (Å²) in [4.78, 5) is 4.46. The summed E-state index contributed by atoms with van der Waals surface area (Å²) in [5.41, 5.74) is 2.43. The molecule has 1 N–H and O–H groups in total. The SMILES string of the molecule is OC(C1CCCOC1)C1CCc2cccnc21. The average molecular weight is 233 g/mol. The lowest BCUT2D eigenvalue weighted by Gasteiger charge is -2.30. The third kappa shape index (κ3) is 2.09. The number of hydrogen-bond acceptors (Lipinski definition) is 3. The third-order valence-corrected chi connectivity index (χ3v) is 4.09. The van der Waals surface area contributed by atoms with Crippen LogP contribution < -0.4 is 0 Å². The zero-order valence-corrected chi connectivity index (χ0v) is 10.0. The Balaban J connectivity index is 1.76. The molecule has 2 heterocycles. The number of nitrogens with zero attached hydrogens (tertiary/aromatic N) is 1. The minimum atomic E-state index is -0.286. The van der Waals surface area contributed by atoms with E-state index in [1.54, 1.807) is 0 Å². The van der Waals surface area contributed by atoms with E-state index in [9.17, 15) is 5.11 Å². The summed E-state index contributed by atoms with van der Waals surface area (Å²) in [5.74, 6) is 0.514. The van der Waals surface area contributed by atoms with Crippen molar-refractivity contribution in [2.24, 2.45) is 5.92 Å². The van der Waals surface area contributed by atoms with Gasteiger partial charge in [-0.3, -0.25) is 4.98 Å². The second-order valence-corrected chi connectivity index (χ2v) is 5.16. The van der Waals surface area contributed by atoms with Gasteiger partial charge in [-0.1, -0.05) is 6.07 Å². The first-order valence-corrected chi connectivity index (χ1v) is 6.56. The Hall–Kier alpha value is -0.930. The summed E-state index contributed by atoms with van der Waals surface area (Å²) in [7, 11) is 0. The summed E-state index contributed by atoms with van der Waals surface area (Å²) in [5, 5.41) is 10.5. The quantitative estimate of drug-likeness (QED) is 0.848. The van der Waals surface area contributed by atoms with Crippen LogP contribution in [0.15, 0.2) is 18.3 Å². The van der Waals surface area contributed by atoms with Gasteiger partial charge in [0, 0.05) is 30.3 Å². The Morgan fingerprint density at radius 2 is 2.35 bits per heavy atom. The van der Waals surface area contributed by atoms with Gasteiger partial charge in [0.2, 0.25) is 0 Å². The fourth-order valence-corrected chi connectivity index (χ4v) is 3.14. The number of rotatable bonds is 2. The lowest BCUT2D eigenvalue weighted by molar-refractivity contribution is -0.0197. The standard InChI is InChI=1S/C14H19NO2/c16-14(11-4-2-8-17-9-11)12-6-5-10-3-1-7-15-13(10)12/h1,3,7,11-12,14,16H,2,4-6,8-9H2. The van der Waals surface area contributed by atoms with E-state index in [2.05, 4.69) is 11.1 Å². The van der Waals surface area contributed by atoms with Crippen molar-refractivity contribution in [3.8, 4) is 0 Å². The van der Waals surface area contributed by atoms with Gasteiger partial charge in [0.1, 0.15) is 0 Å².